The summed E-state index contributed by atoms with van der Waals surface area (Å²) in [5, 5.41) is 5.69. The topological polar surface area (TPSA) is 92.7 Å². The molecular formula is C14H23N4O3S+. The molecule has 0 saturated carbocycles. The van der Waals surface area contributed by atoms with Crippen molar-refractivity contribution in [1.29, 1.82) is 0 Å². The number of H-pyrrole nitrogens is 1. The van der Waals surface area contributed by atoms with E-state index in [2.05, 4.69) is 15.6 Å². The largest absolute Gasteiger partial charge is 0.351 e. The Morgan fingerprint density at radius 3 is 2.55 bits per heavy atom. The lowest BCUT2D eigenvalue weighted by molar-refractivity contribution is -0.364. The molecule has 0 unspecified atom stereocenters. The smallest absolute Gasteiger partial charge is 0.272 e. The van der Waals surface area contributed by atoms with Crippen molar-refractivity contribution in [3.8, 4) is 0 Å². The lowest BCUT2D eigenvalue weighted by Crippen LogP contribution is -2.35. The molecule has 122 valence electrons. The maximum absolute atomic E-state index is 12.4. The molecule has 0 atom stereocenters. The standard InChI is InChI=1S/C14H22N4O3S/c1-11(2)17-14(19)10-16-13-6-5-12(9-15-13)22(20,21)18-7-3-4-8-18/h5-6,9,11H,3-4,7-8,10H2,1-2H3,(H,15,16)(H,17,19)/p+1. The number of hydrogen-bond donors (Lipinski definition) is 2. The first kappa shape index (κ1) is 16.7. The number of amides is 1. The molecule has 2 rings (SSSR count). The van der Waals surface area contributed by atoms with Crippen LogP contribution in [0, 0.1) is 0 Å². The van der Waals surface area contributed by atoms with Crippen LogP contribution in [0.15, 0.2) is 23.2 Å². The van der Waals surface area contributed by atoms with E-state index in [1.54, 1.807) is 12.1 Å². The fourth-order valence-corrected chi connectivity index (χ4v) is 3.79. The van der Waals surface area contributed by atoms with Crippen molar-refractivity contribution in [3.63, 3.8) is 0 Å². The van der Waals surface area contributed by atoms with Crippen LogP contribution in [-0.2, 0) is 14.8 Å². The van der Waals surface area contributed by atoms with E-state index >= 15 is 0 Å². The number of nitrogens with one attached hydrogen (secondary N) is 3. The lowest BCUT2D eigenvalue weighted by atomic mass is 10.4. The highest BCUT2D eigenvalue weighted by atomic mass is 32.2. The molecule has 1 aliphatic rings. The maximum Gasteiger partial charge on any atom is 0.272 e. The number of nitrogens with zero attached hydrogens (tertiary/aromatic N) is 1. The van der Waals surface area contributed by atoms with Crippen LogP contribution in [0.1, 0.15) is 26.7 Å². The molecular weight excluding hydrogens is 304 g/mol. The van der Waals surface area contributed by atoms with Gasteiger partial charge in [-0.25, -0.2) is 13.4 Å². The van der Waals surface area contributed by atoms with Crippen molar-refractivity contribution in [1.82, 2.24) is 9.62 Å². The minimum absolute atomic E-state index is 0.0891. The van der Waals surface area contributed by atoms with E-state index in [1.165, 1.54) is 10.5 Å². The van der Waals surface area contributed by atoms with Gasteiger partial charge in [-0.05, 0) is 32.8 Å². The highest BCUT2D eigenvalue weighted by Gasteiger charge is 2.28. The summed E-state index contributed by atoms with van der Waals surface area (Å²) in [5.74, 6) is 0.483. The van der Waals surface area contributed by atoms with Crippen LogP contribution < -0.4 is 15.6 Å². The average molecular weight is 327 g/mol. The molecule has 0 bridgehead atoms. The minimum Gasteiger partial charge on any atom is -0.351 e. The van der Waals surface area contributed by atoms with Crippen LogP contribution in [0.5, 0.6) is 0 Å². The molecule has 0 aromatic carbocycles. The summed E-state index contributed by atoms with van der Waals surface area (Å²) in [7, 11) is -3.41. The molecule has 1 aromatic heterocycles. The van der Waals surface area contributed by atoms with Crippen molar-refractivity contribution in [2.24, 2.45) is 0 Å². The number of carbonyl (C=O) groups excluding carboxylic acids is 1. The zero-order valence-corrected chi connectivity index (χ0v) is 13.7. The summed E-state index contributed by atoms with van der Waals surface area (Å²) in [6.45, 7) is 5.08. The van der Waals surface area contributed by atoms with Crippen molar-refractivity contribution in [3.05, 3.63) is 18.3 Å². The first-order valence-corrected chi connectivity index (χ1v) is 8.89. The minimum atomic E-state index is -3.41. The van der Waals surface area contributed by atoms with Gasteiger partial charge in [0.15, 0.2) is 6.54 Å². The second kappa shape index (κ2) is 7.06. The third kappa shape index (κ3) is 4.17. The summed E-state index contributed by atoms with van der Waals surface area (Å²) >= 11 is 0. The normalized spacial score (nSPS) is 16.0. The van der Waals surface area contributed by atoms with Crippen LogP contribution in [-0.4, -0.2) is 44.3 Å². The zero-order chi connectivity index (χ0) is 16.2. The van der Waals surface area contributed by atoms with Crippen molar-refractivity contribution in [2.75, 3.05) is 25.0 Å². The summed E-state index contributed by atoms with van der Waals surface area (Å²) in [5.41, 5.74) is 0. The van der Waals surface area contributed by atoms with Gasteiger partial charge in [-0.2, -0.15) is 4.31 Å². The van der Waals surface area contributed by atoms with Gasteiger partial charge in [-0.3, -0.25) is 10.1 Å². The Morgan fingerprint density at radius 1 is 1.32 bits per heavy atom. The quantitative estimate of drug-likeness (QED) is 0.782. The molecule has 7 nitrogen and oxygen atoms in total. The molecule has 1 fully saturated rings. The van der Waals surface area contributed by atoms with Gasteiger partial charge >= 0.3 is 0 Å². The number of anilines is 1. The van der Waals surface area contributed by atoms with E-state index in [0.29, 0.717) is 18.9 Å². The molecule has 0 aliphatic carbocycles. The summed E-state index contributed by atoms with van der Waals surface area (Å²) in [6, 6.07) is 3.27. The first-order valence-electron chi connectivity index (χ1n) is 7.45. The molecule has 3 N–H and O–H groups in total. The number of sulfonamides is 1. The van der Waals surface area contributed by atoms with Crippen LogP contribution in [0.25, 0.3) is 0 Å². The number of aromatic amines is 1. The van der Waals surface area contributed by atoms with E-state index in [-0.39, 0.29) is 23.4 Å². The van der Waals surface area contributed by atoms with Crippen molar-refractivity contribution in [2.45, 2.75) is 37.6 Å². The second-order valence-corrected chi connectivity index (χ2v) is 7.56. The van der Waals surface area contributed by atoms with Gasteiger partial charge in [0.1, 0.15) is 11.1 Å². The molecule has 0 radical (unpaired) electrons. The first-order chi connectivity index (χ1) is 10.4. The Bertz CT molecular complexity index is 607. The van der Waals surface area contributed by atoms with Crippen LogP contribution in [0.3, 0.4) is 0 Å². The predicted molar refractivity (Wildman–Crippen MR) is 82.8 cm³/mol. The summed E-state index contributed by atoms with van der Waals surface area (Å²) in [6.07, 6.45) is 3.28. The summed E-state index contributed by atoms with van der Waals surface area (Å²) < 4.78 is 26.2. The zero-order valence-electron chi connectivity index (χ0n) is 12.9. The van der Waals surface area contributed by atoms with E-state index in [0.717, 1.165) is 12.8 Å². The number of carbonyl (C=O) groups is 1. The second-order valence-electron chi connectivity index (χ2n) is 5.63. The molecule has 2 heterocycles. The molecule has 8 heteroatoms. The number of rotatable bonds is 6. The predicted octanol–water partition coefficient (Wildman–Crippen LogP) is 0.222. The molecule has 1 amide bonds. The number of aromatic nitrogens is 1. The van der Waals surface area contributed by atoms with Gasteiger partial charge in [0.25, 0.3) is 11.7 Å². The lowest BCUT2D eigenvalue weighted by Gasteiger charge is -2.14. The highest BCUT2D eigenvalue weighted by molar-refractivity contribution is 7.89. The van der Waals surface area contributed by atoms with E-state index in [1.807, 2.05) is 13.8 Å². The Kier molecular flexibility index (Phi) is 5.36. The van der Waals surface area contributed by atoms with Gasteiger partial charge in [0.05, 0.1) is 0 Å². The van der Waals surface area contributed by atoms with E-state index in [4.69, 9.17) is 0 Å². The molecule has 1 aliphatic heterocycles. The number of hydrogen-bond acceptors (Lipinski definition) is 4. The molecule has 1 saturated heterocycles. The van der Waals surface area contributed by atoms with E-state index < -0.39 is 10.0 Å². The average Bonchev–Trinajstić information content (AvgIpc) is 3.00. The van der Waals surface area contributed by atoms with Gasteiger partial charge in [-0.15, -0.1) is 0 Å². The Labute approximate surface area is 131 Å². The van der Waals surface area contributed by atoms with Gasteiger partial charge in [0.2, 0.25) is 10.0 Å². The van der Waals surface area contributed by atoms with Crippen LogP contribution in [0.2, 0.25) is 0 Å². The van der Waals surface area contributed by atoms with Gasteiger partial charge < -0.3 is 5.32 Å². The van der Waals surface area contributed by atoms with Crippen molar-refractivity contribution >= 4 is 21.7 Å². The van der Waals surface area contributed by atoms with E-state index in [9.17, 15) is 13.2 Å². The molecule has 22 heavy (non-hydrogen) atoms. The third-order valence-electron chi connectivity index (χ3n) is 3.38. The van der Waals surface area contributed by atoms with Crippen LogP contribution >= 0.6 is 0 Å². The van der Waals surface area contributed by atoms with Crippen LogP contribution in [0.4, 0.5) is 5.82 Å². The monoisotopic (exact) mass is 327 g/mol. The van der Waals surface area contributed by atoms with Gasteiger partial charge in [-0.1, -0.05) is 0 Å². The summed E-state index contributed by atoms with van der Waals surface area (Å²) in [4.78, 5) is 14.7. The fraction of sp³-hybridized carbons (Fsp3) is 0.571. The number of pyridine rings is 1. The van der Waals surface area contributed by atoms with Crippen molar-refractivity contribution < 1.29 is 18.2 Å². The Balaban J connectivity index is 1.97. The third-order valence-corrected chi connectivity index (χ3v) is 5.27. The fourth-order valence-electron chi connectivity index (χ4n) is 2.31. The maximum atomic E-state index is 12.4. The molecule has 0 spiro atoms. The highest BCUT2D eigenvalue weighted by Crippen LogP contribution is 2.19. The Hall–Kier alpha value is -1.67. The van der Waals surface area contributed by atoms with Gasteiger partial charge in [0, 0.05) is 25.2 Å². The SMILES string of the molecule is CC(C)NC(=O)CNc1ccc(S(=O)(=O)N2CCCC2)c[nH+]1. The molecule has 1 aromatic rings. The Morgan fingerprint density at radius 2 is 2.00 bits per heavy atom.